The maximum absolute atomic E-state index is 2.78. The number of thiophene rings is 1. The van der Waals surface area contributed by atoms with Gasteiger partial charge in [0.25, 0.3) is 0 Å². The maximum atomic E-state index is 2.78. The van der Waals surface area contributed by atoms with Crippen LogP contribution in [0, 0.1) is 0 Å². The first-order valence-electron chi connectivity index (χ1n) is 23.1. The lowest BCUT2D eigenvalue weighted by molar-refractivity contribution is 0.332. The summed E-state index contributed by atoms with van der Waals surface area (Å²) in [6.07, 6.45) is 2.38. The van der Waals surface area contributed by atoms with Crippen LogP contribution in [0.2, 0.25) is 0 Å². The molecule has 3 aliphatic heterocycles. The Balaban J connectivity index is 1.19. The van der Waals surface area contributed by atoms with E-state index in [2.05, 4.69) is 214 Å². The summed E-state index contributed by atoms with van der Waals surface area (Å²) in [7, 11) is 0. The predicted molar refractivity (Wildman–Crippen MR) is 275 cm³/mol. The summed E-state index contributed by atoms with van der Waals surface area (Å²) in [5.41, 5.74) is 20.1. The van der Waals surface area contributed by atoms with E-state index in [-0.39, 0.29) is 23.1 Å². The third-order valence-corrected chi connectivity index (χ3v) is 17.1. The van der Waals surface area contributed by atoms with Gasteiger partial charge in [-0.25, -0.2) is 0 Å². The number of para-hydroxylation sites is 4. The first-order valence-corrected chi connectivity index (χ1v) is 23.9. The Labute approximate surface area is 379 Å². The monoisotopic (exact) mass is 841 g/mol. The van der Waals surface area contributed by atoms with Gasteiger partial charge in [0, 0.05) is 65.1 Å². The number of nitrogens with zero attached hydrogens (tertiary/aromatic N) is 3. The smallest absolute Gasteiger partial charge is 0.343 e. The average molecular weight is 842 g/mol. The Morgan fingerprint density at radius 1 is 0.531 bits per heavy atom. The zero-order valence-electron chi connectivity index (χ0n) is 37.3. The molecule has 14 rings (SSSR count). The average Bonchev–Trinajstić information content (AvgIpc) is 3.86. The molecule has 10 aromatic rings. The lowest BCUT2D eigenvalue weighted by Gasteiger charge is -2.49. The summed E-state index contributed by atoms with van der Waals surface area (Å²) in [5, 5.41) is 6.65. The second-order valence-corrected chi connectivity index (χ2v) is 21.8. The third-order valence-electron chi connectivity index (χ3n) is 15.9. The van der Waals surface area contributed by atoms with Crippen molar-refractivity contribution in [2.45, 2.75) is 70.6 Å². The van der Waals surface area contributed by atoms with Crippen LogP contribution in [0.5, 0.6) is 0 Å². The second kappa shape index (κ2) is 12.4. The number of aromatic nitrogens is 1. The van der Waals surface area contributed by atoms with Crippen molar-refractivity contribution in [3.05, 3.63) is 180 Å². The summed E-state index contributed by atoms with van der Waals surface area (Å²) in [5.74, 6) is 0. The highest BCUT2D eigenvalue weighted by atomic mass is 32.1. The molecule has 5 heteroatoms. The molecule has 0 atom stereocenters. The van der Waals surface area contributed by atoms with Crippen LogP contribution < -0.4 is 20.0 Å². The molecule has 2 aromatic heterocycles. The molecule has 3 nitrogen and oxygen atoms in total. The molecule has 308 valence electrons. The van der Waals surface area contributed by atoms with E-state index in [1.807, 2.05) is 11.3 Å². The standard InChI is InChI=1S/C59H48BN3S/c1-57(2)30-31-58(3,4)46-34-49-42(33-45(46)57)54-56(64-49)60-52-50(40-24-17-26-44-53(40)63(60)48-27-16-15-25-43(48)59(44,5)6)38-22-13-14-23-39(38)51-41-32-37(28-29-47(41)62(54)55(51)52)61(35-18-9-7-10-19-35)36-20-11-8-12-21-36/h7-29,32-34H,30-31H2,1-6H3. The molecule has 0 unspecified atom stereocenters. The van der Waals surface area contributed by atoms with Gasteiger partial charge in [0.15, 0.2) is 0 Å². The van der Waals surface area contributed by atoms with Gasteiger partial charge in [-0.3, -0.25) is 0 Å². The van der Waals surface area contributed by atoms with Crippen molar-refractivity contribution in [1.29, 1.82) is 0 Å². The molecular formula is C59H48BN3S. The van der Waals surface area contributed by atoms with Crippen molar-refractivity contribution >= 4 is 99.5 Å². The minimum atomic E-state index is -0.168. The Bertz CT molecular complexity index is 3630. The number of anilines is 5. The molecule has 0 bridgehead atoms. The van der Waals surface area contributed by atoms with Crippen molar-refractivity contribution in [2.75, 3.05) is 9.71 Å². The fraction of sp³-hybridized carbons (Fsp3) is 0.186. The maximum Gasteiger partial charge on any atom is 0.343 e. The normalized spacial score (nSPS) is 16.8. The van der Waals surface area contributed by atoms with Gasteiger partial charge >= 0.3 is 6.85 Å². The highest BCUT2D eigenvalue weighted by Crippen LogP contribution is 2.58. The van der Waals surface area contributed by atoms with Gasteiger partial charge in [0.2, 0.25) is 0 Å². The van der Waals surface area contributed by atoms with Crippen molar-refractivity contribution in [3.8, 4) is 16.8 Å². The largest absolute Gasteiger partial charge is 0.375 e. The Morgan fingerprint density at radius 3 is 1.91 bits per heavy atom. The predicted octanol–water partition coefficient (Wildman–Crippen LogP) is 14.8. The van der Waals surface area contributed by atoms with Gasteiger partial charge in [-0.1, -0.05) is 139 Å². The third kappa shape index (κ3) is 4.58. The van der Waals surface area contributed by atoms with Crippen LogP contribution >= 0.6 is 11.3 Å². The van der Waals surface area contributed by atoms with Crippen LogP contribution in [-0.2, 0) is 16.2 Å². The van der Waals surface area contributed by atoms with E-state index in [9.17, 15) is 0 Å². The van der Waals surface area contributed by atoms with Crippen LogP contribution in [0.4, 0.5) is 28.4 Å². The van der Waals surface area contributed by atoms with Crippen molar-refractivity contribution < 1.29 is 0 Å². The molecule has 0 saturated heterocycles. The van der Waals surface area contributed by atoms with Gasteiger partial charge in [-0.15, -0.1) is 11.3 Å². The van der Waals surface area contributed by atoms with E-state index in [4.69, 9.17) is 0 Å². The SMILES string of the molecule is CC1(C)CCC(C)(C)c2cc3c4c(sc3cc21)B1c2c(c3ccccc3c3c5cc(N(c6ccccc6)c6ccccc6)ccc5n-4c23)-c2cccc3c2N1c1ccccc1C3(C)C. The van der Waals surface area contributed by atoms with Crippen LogP contribution in [-0.4, -0.2) is 11.4 Å². The molecule has 8 aromatic carbocycles. The first kappa shape index (κ1) is 36.9. The van der Waals surface area contributed by atoms with E-state index in [0.29, 0.717) is 0 Å². The zero-order valence-corrected chi connectivity index (χ0v) is 38.1. The summed E-state index contributed by atoms with van der Waals surface area (Å²) in [6.45, 7) is 14.7. The molecular weight excluding hydrogens is 794 g/mol. The van der Waals surface area contributed by atoms with E-state index < -0.39 is 0 Å². The summed E-state index contributed by atoms with van der Waals surface area (Å²) in [6, 6.07) is 59.9. The van der Waals surface area contributed by atoms with Gasteiger partial charge < -0.3 is 14.3 Å². The van der Waals surface area contributed by atoms with E-state index in [1.165, 1.54) is 116 Å². The second-order valence-electron chi connectivity index (χ2n) is 20.7. The number of benzene rings is 8. The highest BCUT2D eigenvalue weighted by Gasteiger charge is 2.51. The molecule has 0 radical (unpaired) electrons. The summed E-state index contributed by atoms with van der Waals surface area (Å²) < 4.78 is 5.55. The van der Waals surface area contributed by atoms with Crippen molar-refractivity contribution in [1.82, 2.24) is 4.57 Å². The molecule has 0 spiro atoms. The van der Waals surface area contributed by atoms with Crippen LogP contribution in [0.3, 0.4) is 0 Å². The zero-order chi connectivity index (χ0) is 43.0. The van der Waals surface area contributed by atoms with Crippen LogP contribution in [0.15, 0.2) is 158 Å². The number of rotatable bonds is 3. The van der Waals surface area contributed by atoms with Crippen LogP contribution in [0.1, 0.15) is 76.6 Å². The summed E-state index contributed by atoms with van der Waals surface area (Å²) in [4.78, 5) is 5.19. The Morgan fingerprint density at radius 2 is 1.17 bits per heavy atom. The molecule has 1 aliphatic carbocycles. The molecule has 64 heavy (non-hydrogen) atoms. The number of hydrogen-bond donors (Lipinski definition) is 0. The molecule has 0 N–H and O–H groups in total. The van der Waals surface area contributed by atoms with Crippen molar-refractivity contribution in [3.63, 3.8) is 0 Å². The van der Waals surface area contributed by atoms with Crippen LogP contribution in [0.25, 0.3) is 59.5 Å². The van der Waals surface area contributed by atoms with E-state index >= 15 is 0 Å². The lowest BCUT2D eigenvalue weighted by atomic mass is 9.45. The molecule has 5 heterocycles. The Hall–Kier alpha value is -6.56. The van der Waals surface area contributed by atoms with E-state index in [1.54, 1.807) is 0 Å². The highest BCUT2D eigenvalue weighted by molar-refractivity contribution is 7.32. The lowest BCUT2D eigenvalue weighted by Crippen LogP contribution is -2.61. The van der Waals surface area contributed by atoms with Crippen molar-refractivity contribution in [2.24, 2.45) is 0 Å². The van der Waals surface area contributed by atoms with Gasteiger partial charge in [-0.05, 0) is 128 Å². The summed E-state index contributed by atoms with van der Waals surface area (Å²) >= 11 is 2.04. The topological polar surface area (TPSA) is 11.4 Å². The molecule has 0 saturated carbocycles. The fourth-order valence-corrected chi connectivity index (χ4v) is 14.0. The fourth-order valence-electron chi connectivity index (χ4n) is 12.7. The minimum Gasteiger partial charge on any atom is -0.375 e. The number of hydrogen-bond acceptors (Lipinski definition) is 3. The molecule has 0 amide bonds. The first-order chi connectivity index (χ1) is 31.0. The van der Waals surface area contributed by atoms with Gasteiger partial charge in [0.1, 0.15) is 0 Å². The van der Waals surface area contributed by atoms with Gasteiger partial charge in [-0.2, -0.15) is 0 Å². The minimum absolute atomic E-state index is 0.0140. The quantitative estimate of drug-likeness (QED) is 0.164. The van der Waals surface area contributed by atoms with Gasteiger partial charge in [0.05, 0.1) is 16.7 Å². The molecule has 0 fully saturated rings. The Kier molecular flexibility index (Phi) is 7.13. The number of fused-ring (bicyclic) bond motifs is 16. The van der Waals surface area contributed by atoms with E-state index in [0.717, 1.165) is 17.1 Å². The molecule has 4 aliphatic rings.